The van der Waals surface area contributed by atoms with E-state index in [-0.39, 0.29) is 35.7 Å². The van der Waals surface area contributed by atoms with Crippen molar-refractivity contribution in [2.24, 2.45) is 17.8 Å². The number of esters is 1. The Morgan fingerprint density at radius 3 is 1.56 bits per heavy atom. The van der Waals surface area contributed by atoms with Crippen LogP contribution in [0.2, 0.25) is 0 Å². The Morgan fingerprint density at radius 2 is 1.22 bits per heavy atom. The van der Waals surface area contributed by atoms with Crippen LogP contribution < -0.4 is 0 Å². The number of hydrogen-bond acceptors (Lipinski definition) is 4. The summed E-state index contributed by atoms with van der Waals surface area (Å²) in [6.45, 7) is 7.54. The largest absolute Gasteiger partial charge is 0.461 e. The number of carbonyl (C=O) groups is 3. The summed E-state index contributed by atoms with van der Waals surface area (Å²) in [7, 11) is 0. The van der Waals surface area contributed by atoms with Gasteiger partial charge in [-0.1, -0.05) is 62.4 Å². The predicted octanol–water partition coefficient (Wildman–Crippen LogP) is 4.24. The van der Waals surface area contributed by atoms with E-state index in [4.69, 9.17) is 4.74 Å². The van der Waals surface area contributed by atoms with Crippen LogP contribution in [0.25, 0.3) is 0 Å². The summed E-state index contributed by atoms with van der Waals surface area (Å²) < 4.78 is 5.48. The van der Waals surface area contributed by atoms with Crippen LogP contribution in [0.5, 0.6) is 0 Å². The maximum atomic E-state index is 13.9. The van der Waals surface area contributed by atoms with Crippen LogP contribution in [0.4, 0.5) is 0 Å². The van der Waals surface area contributed by atoms with E-state index in [0.29, 0.717) is 6.42 Å². The zero-order valence-corrected chi connectivity index (χ0v) is 18.9. The predicted molar refractivity (Wildman–Crippen MR) is 120 cm³/mol. The summed E-state index contributed by atoms with van der Waals surface area (Å²) in [5, 5.41) is 0. The van der Waals surface area contributed by atoms with Gasteiger partial charge in [0.2, 0.25) is 11.8 Å². The molecule has 1 fully saturated rings. The maximum Gasteiger partial charge on any atom is 0.329 e. The van der Waals surface area contributed by atoms with Gasteiger partial charge in [0.25, 0.3) is 0 Å². The first-order chi connectivity index (χ1) is 15.3. The van der Waals surface area contributed by atoms with Gasteiger partial charge in [0.05, 0.1) is 17.9 Å². The Morgan fingerprint density at radius 1 is 0.812 bits per heavy atom. The van der Waals surface area contributed by atoms with E-state index in [1.165, 1.54) is 4.90 Å². The maximum absolute atomic E-state index is 13.9. The molecule has 2 aromatic rings. The highest BCUT2D eigenvalue weighted by atomic mass is 16.5. The van der Waals surface area contributed by atoms with E-state index < -0.39 is 23.8 Å². The molecular formula is C27H29NO4. The van der Waals surface area contributed by atoms with E-state index in [9.17, 15) is 14.4 Å². The van der Waals surface area contributed by atoms with Crippen LogP contribution in [-0.2, 0) is 19.1 Å². The number of carbonyl (C=O) groups excluding carboxylic acids is 3. The molecule has 6 rings (SSSR count). The van der Waals surface area contributed by atoms with Gasteiger partial charge in [-0.15, -0.1) is 0 Å². The van der Waals surface area contributed by atoms with Crippen LogP contribution in [0.15, 0.2) is 48.5 Å². The van der Waals surface area contributed by atoms with E-state index in [2.05, 4.69) is 24.3 Å². The molecule has 3 atom stereocenters. The molecule has 0 unspecified atom stereocenters. The fraction of sp³-hybridized carbons (Fsp3) is 0.444. The fourth-order valence-corrected chi connectivity index (χ4v) is 6.07. The summed E-state index contributed by atoms with van der Waals surface area (Å²) in [6.07, 6.45) is 0.0921. The average Bonchev–Trinajstić information content (AvgIpc) is 3.02. The third-order valence-corrected chi connectivity index (χ3v) is 7.11. The standard InChI is InChI=1S/C27H29NO4/c1-14(2)13-20(27(31)32-15(3)4)28-25(29)23-21-16-9-5-6-10-17(16)22(24(23)26(28)30)19-12-8-7-11-18(19)21/h5-12,14-15,20-24H,13H2,1-4H3/t20-,21?,22?,23+,24+/m1/s1. The quantitative estimate of drug-likeness (QED) is 0.525. The topological polar surface area (TPSA) is 63.7 Å². The van der Waals surface area contributed by atoms with Crippen LogP contribution >= 0.6 is 0 Å². The van der Waals surface area contributed by atoms with Crippen molar-refractivity contribution in [2.75, 3.05) is 0 Å². The van der Waals surface area contributed by atoms with E-state index in [0.717, 1.165) is 22.3 Å². The van der Waals surface area contributed by atoms with Gasteiger partial charge < -0.3 is 4.74 Å². The minimum Gasteiger partial charge on any atom is -0.461 e. The minimum absolute atomic E-state index is 0.133. The van der Waals surface area contributed by atoms with Gasteiger partial charge in [-0.25, -0.2) is 4.79 Å². The molecule has 5 nitrogen and oxygen atoms in total. The third-order valence-electron chi connectivity index (χ3n) is 7.11. The SMILES string of the molecule is CC(C)C[C@H](C(=O)OC(C)C)N1C(=O)[C@H]2C3c4ccccc4C(c4ccccc43)[C@@H]2C1=O. The highest BCUT2D eigenvalue weighted by molar-refractivity contribution is 6.10. The van der Waals surface area contributed by atoms with Gasteiger partial charge in [0.15, 0.2) is 0 Å². The molecular weight excluding hydrogens is 402 g/mol. The molecule has 1 aliphatic heterocycles. The van der Waals surface area contributed by atoms with E-state index in [1.807, 2.05) is 38.1 Å². The number of likely N-dealkylation sites (tertiary alicyclic amines) is 1. The second-order valence-corrected chi connectivity index (χ2v) is 9.94. The summed E-state index contributed by atoms with van der Waals surface area (Å²) in [5.41, 5.74) is 4.52. The molecule has 3 aliphatic carbocycles. The minimum atomic E-state index is -0.881. The number of ether oxygens (including phenoxy) is 1. The van der Waals surface area contributed by atoms with Crippen LogP contribution in [0, 0.1) is 17.8 Å². The van der Waals surface area contributed by atoms with Crippen molar-refractivity contribution in [2.45, 2.75) is 58.1 Å². The summed E-state index contributed by atoms with van der Waals surface area (Å²) >= 11 is 0. The Kier molecular flexibility index (Phi) is 4.95. The second kappa shape index (κ2) is 7.58. The van der Waals surface area contributed by atoms with Crippen molar-refractivity contribution >= 4 is 17.8 Å². The second-order valence-electron chi connectivity index (χ2n) is 9.94. The summed E-state index contributed by atoms with van der Waals surface area (Å²) in [4.78, 5) is 42.0. The van der Waals surface area contributed by atoms with Crippen molar-refractivity contribution in [3.63, 3.8) is 0 Å². The Labute approximate surface area is 188 Å². The highest BCUT2D eigenvalue weighted by Gasteiger charge is 2.63. The first-order valence-corrected chi connectivity index (χ1v) is 11.6. The molecule has 2 amide bonds. The number of nitrogens with zero attached hydrogens (tertiary/aromatic N) is 1. The zero-order chi connectivity index (χ0) is 22.7. The van der Waals surface area contributed by atoms with Crippen LogP contribution in [0.3, 0.4) is 0 Å². The van der Waals surface area contributed by atoms with Crippen LogP contribution in [-0.4, -0.2) is 34.8 Å². The number of amides is 2. The lowest BCUT2D eigenvalue weighted by molar-refractivity contribution is -0.162. The lowest BCUT2D eigenvalue weighted by Gasteiger charge is -2.45. The molecule has 2 bridgehead atoms. The Hall–Kier alpha value is -2.95. The molecule has 0 N–H and O–H groups in total. The molecule has 0 spiro atoms. The summed E-state index contributed by atoms with van der Waals surface area (Å²) in [6, 6.07) is 15.4. The van der Waals surface area contributed by atoms with Crippen molar-refractivity contribution in [1.82, 2.24) is 4.90 Å². The number of rotatable bonds is 5. The first kappa shape index (κ1) is 20.9. The van der Waals surface area contributed by atoms with E-state index >= 15 is 0 Å². The van der Waals surface area contributed by atoms with Crippen molar-refractivity contribution in [1.29, 1.82) is 0 Å². The highest BCUT2D eigenvalue weighted by Crippen LogP contribution is 2.61. The van der Waals surface area contributed by atoms with Crippen LogP contribution in [0.1, 0.15) is 68.2 Å². The van der Waals surface area contributed by atoms with Gasteiger partial charge >= 0.3 is 5.97 Å². The lowest BCUT2D eigenvalue weighted by atomic mass is 9.55. The zero-order valence-electron chi connectivity index (χ0n) is 18.9. The van der Waals surface area contributed by atoms with Crippen molar-refractivity contribution < 1.29 is 19.1 Å². The number of hydrogen-bond donors (Lipinski definition) is 0. The normalized spacial score (nSPS) is 26.2. The Balaban J connectivity index is 1.62. The summed E-state index contributed by atoms with van der Waals surface area (Å²) in [5.74, 6) is -2.10. The smallest absolute Gasteiger partial charge is 0.329 e. The molecule has 0 saturated carbocycles. The lowest BCUT2D eigenvalue weighted by Crippen LogP contribution is -2.47. The molecule has 1 heterocycles. The van der Waals surface area contributed by atoms with Crippen molar-refractivity contribution in [3.05, 3.63) is 70.8 Å². The molecule has 32 heavy (non-hydrogen) atoms. The number of imide groups is 1. The molecule has 1 saturated heterocycles. The van der Waals surface area contributed by atoms with Gasteiger partial charge in [-0.2, -0.15) is 0 Å². The Bertz CT molecular complexity index is 989. The van der Waals surface area contributed by atoms with Gasteiger partial charge in [-0.3, -0.25) is 14.5 Å². The fourth-order valence-electron chi connectivity index (χ4n) is 6.07. The van der Waals surface area contributed by atoms with E-state index in [1.54, 1.807) is 13.8 Å². The average molecular weight is 432 g/mol. The van der Waals surface area contributed by atoms with Crippen molar-refractivity contribution in [3.8, 4) is 0 Å². The monoisotopic (exact) mass is 431 g/mol. The van der Waals surface area contributed by atoms with Gasteiger partial charge in [-0.05, 0) is 48.4 Å². The van der Waals surface area contributed by atoms with Gasteiger partial charge in [0.1, 0.15) is 6.04 Å². The molecule has 4 aliphatic rings. The molecule has 166 valence electrons. The molecule has 0 radical (unpaired) electrons. The molecule has 5 heteroatoms. The first-order valence-electron chi connectivity index (χ1n) is 11.6. The number of benzene rings is 2. The molecule has 0 aromatic heterocycles. The third kappa shape index (κ3) is 2.94. The van der Waals surface area contributed by atoms with Gasteiger partial charge in [0, 0.05) is 11.8 Å². The molecule has 2 aromatic carbocycles.